The summed E-state index contributed by atoms with van der Waals surface area (Å²) in [5.41, 5.74) is 0.552. The maximum Gasteiger partial charge on any atom is 0.242 e. The second-order valence-corrected chi connectivity index (χ2v) is 4.35. The Hall–Kier alpha value is -1.07. The fraction of sp³-hybridized carbons (Fsp3) is 0.111. The first-order valence-electron chi connectivity index (χ1n) is 4.01. The quantitative estimate of drug-likeness (QED) is 0.614. The maximum atomic E-state index is 11.3. The SMILES string of the molecule is O=C1SC(=S)N/C1=C\Cc1ccco1. The highest BCUT2D eigenvalue weighted by molar-refractivity contribution is 8.33. The zero-order valence-electron chi connectivity index (χ0n) is 7.15. The van der Waals surface area contributed by atoms with Crippen LogP contribution in [0.3, 0.4) is 0 Å². The van der Waals surface area contributed by atoms with E-state index in [0.717, 1.165) is 17.5 Å². The maximum absolute atomic E-state index is 11.3. The molecule has 0 aliphatic carbocycles. The highest BCUT2D eigenvalue weighted by Gasteiger charge is 2.21. The second-order valence-electron chi connectivity index (χ2n) is 2.70. The van der Waals surface area contributed by atoms with Gasteiger partial charge in [0.2, 0.25) is 5.12 Å². The Morgan fingerprint density at radius 3 is 3.07 bits per heavy atom. The van der Waals surface area contributed by atoms with Crippen molar-refractivity contribution in [2.24, 2.45) is 0 Å². The molecule has 1 aromatic rings. The molecule has 0 saturated carbocycles. The molecule has 0 radical (unpaired) electrons. The highest BCUT2D eigenvalue weighted by atomic mass is 32.2. The van der Waals surface area contributed by atoms with E-state index < -0.39 is 0 Å². The Labute approximate surface area is 90.5 Å². The molecule has 0 atom stereocenters. The fourth-order valence-electron chi connectivity index (χ4n) is 1.09. The number of carbonyl (C=O) groups is 1. The van der Waals surface area contributed by atoms with Crippen molar-refractivity contribution in [2.75, 3.05) is 0 Å². The predicted molar refractivity (Wildman–Crippen MR) is 58.8 cm³/mol. The molecule has 0 unspecified atom stereocenters. The largest absolute Gasteiger partial charge is 0.469 e. The van der Waals surface area contributed by atoms with E-state index in [-0.39, 0.29) is 5.12 Å². The Bertz CT molecular complexity index is 395. The van der Waals surface area contributed by atoms with Crippen molar-refractivity contribution >= 4 is 33.4 Å². The van der Waals surface area contributed by atoms with Crippen molar-refractivity contribution in [3.05, 3.63) is 35.9 Å². The molecule has 72 valence electrons. The predicted octanol–water partition coefficient (Wildman–Crippen LogP) is 1.85. The molecular formula is C9H7NO2S2. The van der Waals surface area contributed by atoms with Gasteiger partial charge in [0, 0.05) is 6.42 Å². The molecule has 0 amide bonds. The van der Waals surface area contributed by atoms with Gasteiger partial charge in [-0.2, -0.15) is 0 Å². The molecular weight excluding hydrogens is 218 g/mol. The van der Waals surface area contributed by atoms with Gasteiger partial charge in [-0.05, 0) is 30.0 Å². The lowest BCUT2D eigenvalue weighted by Gasteiger charge is -1.93. The summed E-state index contributed by atoms with van der Waals surface area (Å²) in [6.45, 7) is 0. The summed E-state index contributed by atoms with van der Waals surface area (Å²) in [6, 6.07) is 3.68. The second kappa shape index (κ2) is 3.98. The third kappa shape index (κ3) is 2.05. The molecule has 5 heteroatoms. The number of rotatable bonds is 2. The van der Waals surface area contributed by atoms with Crippen molar-refractivity contribution < 1.29 is 9.21 Å². The molecule has 1 aliphatic heterocycles. The van der Waals surface area contributed by atoms with E-state index in [1.807, 2.05) is 12.1 Å². The minimum Gasteiger partial charge on any atom is -0.469 e. The number of carbonyl (C=O) groups excluding carboxylic acids is 1. The van der Waals surface area contributed by atoms with Crippen LogP contribution in [0.1, 0.15) is 5.76 Å². The molecule has 0 spiro atoms. The molecule has 1 aromatic heterocycles. The molecule has 1 N–H and O–H groups in total. The van der Waals surface area contributed by atoms with Gasteiger partial charge in [0.1, 0.15) is 10.1 Å². The van der Waals surface area contributed by atoms with Crippen LogP contribution in [-0.4, -0.2) is 9.44 Å². The average molecular weight is 225 g/mol. The molecule has 1 saturated heterocycles. The van der Waals surface area contributed by atoms with Gasteiger partial charge < -0.3 is 9.73 Å². The van der Waals surface area contributed by atoms with E-state index in [1.54, 1.807) is 12.3 Å². The monoisotopic (exact) mass is 225 g/mol. The summed E-state index contributed by atoms with van der Waals surface area (Å²) in [6.07, 6.45) is 3.99. The van der Waals surface area contributed by atoms with Crippen LogP contribution in [0.2, 0.25) is 0 Å². The molecule has 1 fully saturated rings. The van der Waals surface area contributed by atoms with E-state index in [1.165, 1.54) is 0 Å². The number of thiocarbonyl (C=S) groups is 1. The van der Waals surface area contributed by atoms with E-state index in [2.05, 4.69) is 5.32 Å². The zero-order chi connectivity index (χ0) is 9.97. The van der Waals surface area contributed by atoms with Crippen molar-refractivity contribution in [3.63, 3.8) is 0 Å². The third-order valence-corrected chi connectivity index (χ3v) is 2.77. The van der Waals surface area contributed by atoms with Crippen LogP contribution < -0.4 is 5.32 Å². The lowest BCUT2D eigenvalue weighted by Crippen LogP contribution is -2.10. The highest BCUT2D eigenvalue weighted by Crippen LogP contribution is 2.19. The minimum atomic E-state index is -0.0263. The lowest BCUT2D eigenvalue weighted by molar-refractivity contribution is -0.107. The van der Waals surface area contributed by atoms with Crippen LogP contribution in [0.15, 0.2) is 34.6 Å². The first-order valence-corrected chi connectivity index (χ1v) is 5.24. The Morgan fingerprint density at radius 2 is 2.50 bits per heavy atom. The average Bonchev–Trinajstić information content (AvgIpc) is 2.72. The topological polar surface area (TPSA) is 42.2 Å². The third-order valence-electron chi connectivity index (χ3n) is 1.73. The van der Waals surface area contributed by atoms with Gasteiger partial charge in [0.25, 0.3) is 0 Å². The van der Waals surface area contributed by atoms with Gasteiger partial charge in [0.05, 0.1) is 12.0 Å². The van der Waals surface area contributed by atoms with Crippen LogP contribution in [0, 0.1) is 0 Å². The summed E-state index contributed by atoms with van der Waals surface area (Å²) in [7, 11) is 0. The van der Waals surface area contributed by atoms with Gasteiger partial charge in [-0.25, -0.2) is 0 Å². The van der Waals surface area contributed by atoms with Crippen molar-refractivity contribution in [1.29, 1.82) is 0 Å². The molecule has 2 rings (SSSR count). The Kier molecular flexibility index (Phi) is 2.69. The van der Waals surface area contributed by atoms with E-state index in [0.29, 0.717) is 16.4 Å². The van der Waals surface area contributed by atoms with Crippen LogP contribution in [0.4, 0.5) is 0 Å². The van der Waals surface area contributed by atoms with Crippen molar-refractivity contribution in [1.82, 2.24) is 5.32 Å². The number of furan rings is 1. The standard InChI is InChI=1S/C9H7NO2S2/c11-8-7(10-9(13)14-8)4-3-6-2-1-5-12-6/h1-2,4-5H,3H2,(H,10,13)/b7-4-. The molecule has 3 nitrogen and oxygen atoms in total. The number of hydrogen-bond acceptors (Lipinski definition) is 4. The summed E-state index contributed by atoms with van der Waals surface area (Å²) in [5.74, 6) is 0.829. The van der Waals surface area contributed by atoms with E-state index in [4.69, 9.17) is 16.6 Å². The van der Waals surface area contributed by atoms with Crippen LogP contribution in [-0.2, 0) is 11.2 Å². The van der Waals surface area contributed by atoms with Crippen molar-refractivity contribution in [2.45, 2.75) is 6.42 Å². The van der Waals surface area contributed by atoms with Gasteiger partial charge in [-0.3, -0.25) is 4.79 Å². The summed E-state index contributed by atoms with van der Waals surface area (Å²) in [4.78, 5) is 11.3. The van der Waals surface area contributed by atoms with Gasteiger partial charge in [0.15, 0.2) is 0 Å². The fourth-order valence-corrected chi connectivity index (χ4v) is 2.00. The lowest BCUT2D eigenvalue weighted by atomic mass is 10.3. The normalized spacial score (nSPS) is 19.0. The van der Waals surface area contributed by atoms with Gasteiger partial charge in [-0.1, -0.05) is 12.2 Å². The van der Waals surface area contributed by atoms with E-state index >= 15 is 0 Å². The number of nitrogens with one attached hydrogen (secondary N) is 1. The van der Waals surface area contributed by atoms with Gasteiger partial charge in [-0.15, -0.1) is 0 Å². The number of thioether (sulfide) groups is 1. The first-order chi connectivity index (χ1) is 6.75. The minimum absolute atomic E-state index is 0.0263. The Morgan fingerprint density at radius 1 is 1.64 bits per heavy atom. The Balaban J connectivity index is 2.05. The van der Waals surface area contributed by atoms with Crippen molar-refractivity contribution in [3.8, 4) is 0 Å². The van der Waals surface area contributed by atoms with Crippen LogP contribution in [0.25, 0.3) is 0 Å². The smallest absolute Gasteiger partial charge is 0.242 e. The first kappa shape index (κ1) is 9.48. The summed E-state index contributed by atoms with van der Waals surface area (Å²) < 4.78 is 5.65. The summed E-state index contributed by atoms with van der Waals surface area (Å²) in [5, 5.41) is 2.80. The molecule has 2 heterocycles. The van der Waals surface area contributed by atoms with E-state index in [9.17, 15) is 4.79 Å². The summed E-state index contributed by atoms with van der Waals surface area (Å²) >= 11 is 5.90. The molecule has 0 bridgehead atoms. The molecule has 1 aliphatic rings. The molecule has 0 aromatic carbocycles. The van der Waals surface area contributed by atoms with Crippen LogP contribution >= 0.6 is 24.0 Å². The zero-order valence-corrected chi connectivity index (χ0v) is 8.78. The van der Waals surface area contributed by atoms with Crippen LogP contribution in [0.5, 0.6) is 0 Å². The number of allylic oxidation sites excluding steroid dienone is 1. The van der Waals surface area contributed by atoms with Gasteiger partial charge >= 0.3 is 0 Å². The molecule has 14 heavy (non-hydrogen) atoms. The number of hydrogen-bond donors (Lipinski definition) is 1.